The monoisotopic (exact) mass is 396 g/mol. The Bertz CT molecular complexity index is 1100. The van der Waals surface area contributed by atoms with Crippen LogP contribution in [0.4, 0.5) is 5.69 Å². The van der Waals surface area contributed by atoms with Crippen molar-refractivity contribution in [1.82, 2.24) is 14.6 Å². The summed E-state index contributed by atoms with van der Waals surface area (Å²) in [5.41, 5.74) is 4.25. The van der Waals surface area contributed by atoms with Crippen LogP contribution in [0.2, 0.25) is 0 Å². The fourth-order valence-corrected chi connectivity index (χ4v) is 4.97. The summed E-state index contributed by atoms with van der Waals surface area (Å²) in [5.74, 6) is 0.880. The van der Waals surface area contributed by atoms with E-state index < -0.39 is 0 Å². The summed E-state index contributed by atoms with van der Waals surface area (Å²) in [5, 5.41) is 12.5. The fourth-order valence-electron chi connectivity index (χ4n) is 3.06. The van der Waals surface area contributed by atoms with Crippen molar-refractivity contribution in [3.63, 3.8) is 0 Å². The van der Waals surface area contributed by atoms with Gasteiger partial charge in [0.1, 0.15) is 0 Å². The van der Waals surface area contributed by atoms with Crippen molar-refractivity contribution in [2.75, 3.05) is 11.1 Å². The zero-order chi connectivity index (χ0) is 18.8. The molecule has 0 saturated heterocycles. The molecule has 0 aliphatic carbocycles. The maximum absolute atomic E-state index is 12.3. The Balaban J connectivity index is 1.35. The van der Waals surface area contributed by atoms with Gasteiger partial charge in [0.2, 0.25) is 10.9 Å². The van der Waals surface area contributed by atoms with E-state index in [-0.39, 0.29) is 5.91 Å². The second kappa shape index (κ2) is 7.70. The number of nitrogens with one attached hydrogen (secondary N) is 1. The fraction of sp³-hybridized carbons (Fsp3) is 0.250. The predicted octanol–water partition coefficient (Wildman–Crippen LogP) is 5.07. The zero-order valence-corrected chi connectivity index (χ0v) is 16.9. The van der Waals surface area contributed by atoms with Gasteiger partial charge in [-0.3, -0.25) is 9.20 Å². The number of aromatic nitrogens is 3. The van der Waals surface area contributed by atoms with Gasteiger partial charge in [-0.05, 0) is 43.5 Å². The Morgan fingerprint density at radius 3 is 2.70 bits per heavy atom. The van der Waals surface area contributed by atoms with Crippen LogP contribution in [0.1, 0.15) is 24.0 Å². The van der Waals surface area contributed by atoms with Gasteiger partial charge in [0, 0.05) is 17.9 Å². The minimum Gasteiger partial charge on any atom is -0.326 e. The van der Waals surface area contributed by atoms with E-state index >= 15 is 0 Å². The lowest BCUT2D eigenvalue weighted by molar-refractivity contribution is -0.116. The number of benzene rings is 2. The standard InChI is InChI=1S/C20H20N4OS2/c1-13-7-5-8-14(2)18(13)21-17(25)11-6-12-26-19-22-23-20-24(19)15-9-3-4-10-16(15)27-20/h3-5,7-10H,6,11-12H2,1-2H3,(H,21,25). The Morgan fingerprint density at radius 1 is 1.11 bits per heavy atom. The van der Waals surface area contributed by atoms with Crippen molar-refractivity contribution < 1.29 is 4.79 Å². The molecular formula is C20H20N4OS2. The topological polar surface area (TPSA) is 59.3 Å². The molecule has 4 aromatic rings. The molecule has 0 aliphatic heterocycles. The van der Waals surface area contributed by atoms with Gasteiger partial charge in [-0.15, -0.1) is 10.2 Å². The molecule has 0 atom stereocenters. The molecule has 2 aromatic heterocycles. The molecule has 0 saturated carbocycles. The molecule has 0 spiro atoms. The van der Waals surface area contributed by atoms with E-state index in [1.54, 1.807) is 23.1 Å². The highest BCUT2D eigenvalue weighted by Crippen LogP contribution is 2.29. The lowest BCUT2D eigenvalue weighted by atomic mass is 10.1. The number of hydrogen-bond acceptors (Lipinski definition) is 5. The van der Waals surface area contributed by atoms with E-state index in [1.165, 1.54) is 4.70 Å². The lowest BCUT2D eigenvalue weighted by Gasteiger charge is -2.11. The first-order chi connectivity index (χ1) is 13.1. The Kier molecular flexibility index (Phi) is 5.13. The minimum atomic E-state index is 0.0559. The van der Waals surface area contributed by atoms with Crippen LogP contribution in [0.25, 0.3) is 15.2 Å². The van der Waals surface area contributed by atoms with Crippen molar-refractivity contribution in [2.24, 2.45) is 0 Å². The molecule has 7 heteroatoms. The molecule has 1 amide bonds. The van der Waals surface area contributed by atoms with Crippen molar-refractivity contribution in [1.29, 1.82) is 0 Å². The highest BCUT2D eigenvalue weighted by molar-refractivity contribution is 7.99. The van der Waals surface area contributed by atoms with E-state index in [4.69, 9.17) is 0 Å². The smallest absolute Gasteiger partial charge is 0.224 e. The van der Waals surface area contributed by atoms with E-state index in [1.807, 2.05) is 44.2 Å². The summed E-state index contributed by atoms with van der Waals surface area (Å²) in [6, 6.07) is 14.3. The van der Waals surface area contributed by atoms with Crippen LogP contribution in [0.3, 0.4) is 0 Å². The largest absolute Gasteiger partial charge is 0.326 e. The van der Waals surface area contributed by atoms with Gasteiger partial charge in [-0.1, -0.05) is 53.4 Å². The number of thiazole rings is 1. The second-order valence-corrected chi connectivity index (χ2v) is 8.51. The number of para-hydroxylation sites is 2. The van der Waals surface area contributed by atoms with Crippen molar-refractivity contribution in [2.45, 2.75) is 31.8 Å². The molecule has 1 N–H and O–H groups in total. The van der Waals surface area contributed by atoms with Crippen LogP contribution in [-0.2, 0) is 4.79 Å². The number of carbonyl (C=O) groups is 1. The molecule has 27 heavy (non-hydrogen) atoms. The van der Waals surface area contributed by atoms with Gasteiger partial charge < -0.3 is 5.32 Å². The molecule has 5 nitrogen and oxygen atoms in total. The van der Waals surface area contributed by atoms with Crippen molar-refractivity contribution >= 4 is 49.9 Å². The normalized spacial score (nSPS) is 11.3. The number of rotatable bonds is 6. The SMILES string of the molecule is Cc1cccc(C)c1NC(=O)CCCSc1nnc2sc3ccccc3n12. The summed E-state index contributed by atoms with van der Waals surface area (Å²) < 4.78 is 3.30. The van der Waals surface area contributed by atoms with Gasteiger partial charge in [0.05, 0.1) is 10.2 Å². The molecular weight excluding hydrogens is 376 g/mol. The number of fused-ring (bicyclic) bond motifs is 3. The van der Waals surface area contributed by atoms with E-state index in [0.717, 1.165) is 44.6 Å². The maximum Gasteiger partial charge on any atom is 0.224 e. The Labute approximate surface area is 165 Å². The summed E-state index contributed by atoms with van der Waals surface area (Å²) in [4.78, 5) is 13.2. The first kappa shape index (κ1) is 18.0. The van der Waals surface area contributed by atoms with Gasteiger partial charge >= 0.3 is 0 Å². The van der Waals surface area contributed by atoms with Crippen LogP contribution in [0.5, 0.6) is 0 Å². The predicted molar refractivity (Wildman–Crippen MR) is 113 cm³/mol. The van der Waals surface area contributed by atoms with Crippen LogP contribution < -0.4 is 5.32 Å². The lowest BCUT2D eigenvalue weighted by Crippen LogP contribution is -2.13. The molecule has 0 radical (unpaired) electrons. The maximum atomic E-state index is 12.3. The van der Waals surface area contributed by atoms with Gasteiger partial charge in [0.25, 0.3) is 0 Å². The Hall–Kier alpha value is -2.38. The summed E-state index contributed by atoms with van der Waals surface area (Å²) in [6.45, 7) is 4.03. The molecule has 0 bridgehead atoms. The highest BCUT2D eigenvalue weighted by Gasteiger charge is 2.13. The third-order valence-corrected chi connectivity index (χ3v) is 6.46. The number of aryl methyl sites for hydroxylation is 2. The van der Waals surface area contributed by atoms with E-state index in [2.05, 4.69) is 32.0 Å². The van der Waals surface area contributed by atoms with Gasteiger partial charge in [0.15, 0.2) is 5.16 Å². The first-order valence-corrected chi connectivity index (χ1v) is 10.7. The number of hydrogen-bond donors (Lipinski definition) is 1. The molecule has 0 aliphatic rings. The molecule has 138 valence electrons. The Morgan fingerprint density at radius 2 is 1.89 bits per heavy atom. The molecule has 2 aromatic carbocycles. The van der Waals surface area contributed by atoms with Crippen molar-refractivity contribution in [3.8, 4) is 0 Å². The molecule has 0 fully saturated rings. The van der Waals surface area contributed by atoms with Gasteiger partial charge in [-0.25, -0.2) is 0 Å². The number of thioether (sulfide) groups is 1. The average Bonchev–Trinajstić information content (AvgIpc) is 3.21. The minimum absolute atomic E-state index is 0.0559. The highest BCUT2D eigenvalue weighted by atomic mass is 32.2. The average molecular weight is 397 g/mol. The van der Waals surface area contributed by atoms with Crippen LogP contribution in [0.15, 0.2) is 47.6 Å². The second-order valence-electron chi connectivity index (χ2n) is 6.44. The van der Waals surface area contributed by atoms with Crippen LogP contribution >= 0.6 is 23.1 Å². The third-order valence-electron chi connectivity index (χ3n) is 4.44. The zero-order valence-electron chi connectivity index (χ0n) is 15.2. The van der Waals surface area contributed by atoms with Crippen LogP contribution in [-0.4, -0.2) is 26.3 Å². The van der Waals surface area contributed by atoms with Crippen LogP contribution in [0, 0.1) is 13.8 Å². The summed E-state index contributed by atoms with van der Waals surface area (Å²) in [6.07, 6.45) is 1.28. The summed E-state index contributed by atoms with van der Waals surface area (Å²) in [7, 11) is 0. The number of carbonyl (C=O) groups excluding carboxylic acids is 1. The van der Waals surface area contributed by atoms with E-state index in [9.17, 15) is 4.79 Å². The van der Waals surface area contributed by atoms with Crippen molar-refractivity contribution in [3.05, 3.63) is 53.6 Å². The molecule has 2 heterocycles. The summed E-state index contributed by atoms with van der Waals surface area (Å²) >= 11 is 3.29. The third kappa shape index (κ3) is 3.70. The van der Waals surface area contributed by atoms with Gasteiger partial charge in [-0.2, -0.15) is 0 Å². The first-order valence-electron chi connectivity index (χ1n) is 8.85. The number of anilines is 1. The molecule has 0 unspecified atom stereocenters. The van der Waals surface area contributed by atoms with E-state index in [0.29, 0.717) is 6.42 Å². The number of nitrogens with zero attached hydrogens (tertiary/aromatic N) is 3. The molecule has 4 rings (SSSR count). The quantitative estimate of drug-likeness (QED) is 0.365. The number of amides is 1.